The van der Waals surface area contributed by atoms with E-state index in [-0.39, 0.29) is 0 Å². The molecule has 0 aromatic heterocycles. The van der Waals surface area contributed by atoms with Crippen LogP contribution in [0.5, 0.6) is 0 Å². The predicted molar refractivity (Wildman–Crippen MR) is 52.1 cm³/mol. The molecule has 0 unspecified atom stereocenters. The molecule has 1 atom stereocenters. The molecular formula is C8H18O5Si. The van der Waals surface area contributed by atoms with Gasteiger partial charge in [0.05, 0.1) is 19.8 Å². The Balaban J connectivity index is 2.11. The van der Waals surface area contributed by atoms with E-state index in [1.165, 1.54) is 0 Å². The molecule has 0 bridgehead atoms. The largest absolute Gasteiger partial charge is 0.502 e. The zero-order valence-corrected chi connectivity index (χ0v) is 9.95. The van der Waals surface area contributed by atoms with Crippen molar-refractivity contribution >= 4 is 8.80 Å². The Hall–Kier alpha value is 0.0169. The third-order valence-corrected chi connectivity index (χ3v) is 4.87. The molecule has 14 heavy (non-hydrogen) atoms. The molecule has 0 amide bonds. The molecule has 1 aliphatic heterocycles. The van der Waals surface area contributed by atoms with Gasteiger partial charge in [-0.25, -0.2) is 0 Å². The minimum Gasteiger partial charge on any atom is -0.379 e. The maximum atomic E-state index is 5.39. The summed E-state index contributed by atoms with van der Waals surface area (Å²) in [6, 6.07) is 0.670. The summed E-state index contributed by atoms with van der Waals surface area (Å²) in [5.74, 6) is 0. The number of hydrogen-bond acceptors (Lipinski definition) is 5. The zero-order chi connectivity index (χ0) is 10.4. The van der Waals surface area contributed by atoms with Crippen molar-refractivity contribution in [3.8, 4) is 0 Å². The normalized spacial score (nSPS) is 21.2. The van der Waals surface area contributed by atoms with Crippen molar-refractivity contribution in [3.63, 3.8) is 0 Å². The van der Waals surface area contributed by atoms with Crippen molar-refractivity contribution in [2.24, 2.45) is 0 Å². The summed E-state index contributed by atoms with van der Waals surface area (Å²) < 4.78 is 26.1. The van der Waals surface area contributed by atoms with Crippen molar-refractivity contribution in [2.75, 3.05) is 41.2 Å². The van der Waals surface area contributed by atoms with Gasteiger partial charge in [0.2, 0.25) is 0 Å². The van der Waals surface area contributed by atoms with Crippen LogP contribution in [0.1, 0.15) is 0 Å². The number of ether oxygens (including phenoxy) is 2. The molecule has 1 heterocycles. The fraction of sp³-hybridized carbons (Fsp3) is 1.00. The van der Waals surface area contributed by atoms with Crippen LogP contribution in [0.2, 0.25) is 6.04 Å². The van der Waals surface area contributed by atoms with Crippen molar-refractivity contribution in [3.05, 3.63) is 0 Å². The fourth-order valence-electron chi connectivity index (χ4n) is 1.13. The average Bonchev–Trinajstić information content (AvgIpc) is 3.03. The highest BCUT2D eigenvalue weighted by atomic mass is 28.4. The molecule has 1 saturated heterocycles. The van der Waals surface area contributed by atoms with Crippen LogP contribution in [0.4, 0.5) is 0 Å². The Morgan fingerprint density at radius 2 is 1.79 bits per heavy atom. The van der Waals surface area contributed by atoms with Gasteiger partial charge >= 0.3 is 8.80 Å². The van der Waals surface area contributed by atoms with E-state index in [9.17, 15) is 0 Å². The smallest absolute Gasteiger partial charge is 0.379 e. The van der Waals surface area contributed by atoms with Crippen LogP contribution >= 0.6 is 0 Å². The lowest BCUT2D eigenvalue weighted by Gasteiger charge is -2.23. The second-order valence-corrected chi connectivity index (χ2v) is 6.17. The van der Waals surface area contributed by atoms with Crippen LogP contribution in [0.15, 0.2) is 0 Å². The molecule has 0 aromatic rings. The molecule has 5 nitrogen and oxygen atoms in total. The maximum Gasteiger partial charge on any atom is 0.502 e. The van der Waals surface area contributed by atoms with Gasteiger partial charge in [-0.15, -0.1) is 0 Å². The molecule has 0 spiro atoms. The van der Waals surface area contributed by atoms with E-state index in [0.29, 0.717) is 25.4 Å². The van der Waals surface area contributed by atoms with Gasteiger partial charge in [-0.2, -0.15) is 0 Å². The van der Waals surface area contributed by atoms with E-state index >= 15 is 0 Å². The molecule has 1 rings (SSSR count). The molecule has 0 N–H and O–H groups in total. The summed E-state index contributed by atoms with van der Waals surface area (Å²) in [7, 11) is 2.37. The van der Waals surface area contributed by atoms with Crippen LogP contribution in [0.3, 0.4) is 0 Å². The Labute approximate surface area is 85.6 Å². The molecule has 0 saturated carbocycles. The van der Waals surface area contributed by atoms with E-state index in [0.717, 1.165) is 6.61 Å². The van der Waals surface area contributed by atoms with E-state index < -0.39 is 8.80 Å². The number of epoxide rings is 1. The molecule has 1 fully saturated rings. The van der Waals surface area contributed by atoms with Gasteiger partial charge in [-0.3, -0.25) is 0 Å². The molecule has 1 aliphatic rings. The lowest BCUT2D eigenvalue weighted by molar-refractivity contribution is 0.0890. The third-order valence-electron chi connectivity index (χ3n) is 2.19. The maximum absolute atomic E-state index is 5.39. The van der Waals surface area contributed by atoms with Crippen molar-refractivity contribution in [2.45, 2.75) is 12.1 Å². The Morgan fingerprint density at radius 1 is 1.21 bits per heavy atom. The van der Waals surface area contributed by atoms with E-state index in [1.807, 2.05) is 0 Å². The minimum atomic E-state index is -2.43. The molecule has 6 heteroatoms. The number of hydrogen-bond donors (Lipinski definition) is 0. The summed E-state index contributed by atoms with van der Waals surface area (Å²) in [4.78, 5) is 0. The second-order valence-electron chi connectivity index (χ2n) is 3.08. The lowest BCUT2D eigenvalue weighted by Crippen LogP contribution is -2.43. The van der Waals surface area contributed by atoms with Gasteiger partial charge in [-0.05, 0) is 0 Å². The first-order valence-electron chi connectivity index (χ1n) is 4.61. The van der Waals surface area contributed by atoms with Crippen LogP contribution in [0.25, 0.3) is 0 Å². The highest BCUT2D eigenvalue weighted by Gasteiger charge is 2.37. The average molecular weight is 222 g/mol. The van der Waals surface area contributed by atoms with Gasteiger partial charge in [0, 0.05) is 27.4 Å². The van der Waals surface area contributed by atoms with Crippen LogP contribution in [-0.4, -0.2) is 56.1 Å². The van der Waals surface area contributed by atoms with Crippen LogP contribution < -0.4 is 0 Å². The molecular weight excluding hydrogens is 204 g/mol. The zero-order valence-electron chi connectivity index (χ0n) is 8.95. The van der Waals surface area contributed by atoms with Crippen LogP contribution in [0, 0.1) is 0 Å². The summed E-state index contributed by atoms with van der Waals surface area (Å²) in [6.07, 6.45) is 0.304. The van der Waals surface area contributed by atoms with Gasteiger partial charge in [0.1, 0.15) is 6.10 Å². The summed E-state index contributed by atoms with van der Waals surface area (Å²) in [6.45, 7) is 2.06. The standard InChI is InChI=1S/C8H18O5Si/c1-9-14(10-2,11-3)5-4-12-6-8-7-13-8/h8H,4-7H2,1-3H3/t8-/m0/s1. The first-order valence-corrected chi connectivity index (χ1v) is 6.54. The number of rotatable bonds is 8. The van der Waals surface area contributed by atoms with Crippen molar-refractivity contribution in [1.29, 1.82) is 0 Å². The second kappa shape index (κ2) is 5.79. The molecule has 84 valence electrons. The lowest BCUT2D eigenvalue weighted by atomic mass is 10.5. The topological polar surface area (TPSA) is 49.5 Å². The van der Waals surface area contributed by atoms with Crippen molar-refractivity contribution < 1.29 is 22.8 Å². The van der Waals surface area contributed by atoms with Crippen molar-refractivity contribution in [1.82, 2.24) is 0 Å². The Kier molecular flexibility index (Phi) is 5.00. The SMILES string of the molecule is CO[Si](CCOC[C@H]1CO1)(OC)OC. The minimum absolute atomic E-state index is 0.304. The summed E-state index contributed by atoms with van der Waals surface area (Å²) >= 11 is 0. The summed E-state index contributed by atoms with van der Waals surface area (Å²) in [5.41, 5.74) is 0. The predicted octanol–water partition coefficient (Wildman–Crippen LogP) is 0.280. The van der Waals surface area contributed by atoms with Gasteiger partial charge in [0.15, 0.2) is 0 Å². The fourth-order valence-corrected chi connectivity index (χ4v) is 2.64. The van der Waals surface area contributed by atoms with E-state index in [4.69, 9.17) is 22.8 Å². The molecule has 0 aromatic carbocycles. The van der Waals surface area contributed by atoms with E-state index in [2.05, 4.69) is 0 Å². The Bertz CT molecular complexity index is 150. The van der Waals surface area contributed by atoms with Gasteiger partial charge in [0.25, 0.3) is 0 Å². The summed E-state index contributed by atoms with van der Waals surface area (Å²) in [5, 5.41) is 0. The Morgan fingerprint density at radius 3 is 2.21 bits per heavy atom. The first-order chi connectivity index (χ1) is 6.76. The molecule has 0 aliphatic carbocycles. The van der Waals surface area contributed by atoms with Crippen LogP contribution in [-0.2, 0) is 22.8 Å². The van der Waals surface area contributed by atoms with Gasteiger partial charge < -0.3 is 22.8 Å². The van der Waals surface area contributed by atoms with Gasteiger partial charge in [-0.1, -0.05) is 0 Å². The molecule has 0 radical (unpaired) electrons. The van der Waals surface area contributed by atoms with E-state index in [1.54, 1.807) is 21.3 Å². The third kappa shape index (κ3) is 3.64. The quantitative estimate of drug-likeness (QED) is 0.335. The highest BCUT2D eigenvalue weighted by Crippen LogP contribution is 2.14. The monoisotopic (exact) mass is 222 g/mol. The first kappa shape index (κ1) is 12.1. The highest BCUT2D eigenvalue weighted by molar-refractivity contribution is 6.60.